The van der Waals surface area contributed by atoms with Crippen LogP contribution in [0.15, 0.2) is 42.9 Å². The maximum Gasteiger partial charge on any atom is 0.255 e. The molecule has 2 aliphatic heterocycles. The maximum absolute atomic E-state index is 12.9. The van der Waals surface area contributed by atoms with E-state index in [1.165, 1.54) is 0 Å². The zero-order valence-corrected chi connectivity index (χ0v) is 17.8. The van der Waals surface area contributed by atoms with Gasteiger partial charge in [-0.1, -0.05) is 6.07 Å². The van der Waals surface area contributed by atoms with Crippen LogP contribution in [0, 0.1) is 6.92 Å². The minimum absolute atomic E-state index is 0.0104. The molecule has 31 heavy (non-hydrogen) atoms. The number of hydrogen-bond acceptors (Lipinski definition) is 6. The van der Waals surface area contributed by atoms with Gasteiger partial charge < -0.3 is 15.3 Å². The number of β-amino-alcohol motifs (C(OH)–C–C–N with tert-alkyl or cyclic N) is 1. The molecule has 2 aromatic rings. The largest absolute Gasteiger partial charge is 0.392 e. The van der Waals surface area contributed by atoms with Gasteiger partial charge in [-0.15, -0.1) is 0 Å². The lowest BCUT2D eigenvalue weighted by Gasteiger charge is -2.39. The van der Waals surface area contributed by atoms with Gasteiger partial charge in [0.1, 0.15) is 0 Å². The van der Waals surface area contributed by atoms with Crippen molar-refractivity contribution in [3.63, 3.8) is 0 Å². The Hall–Kier alpha value is -2.84. The molecule has 2 N–H and O–H groups in total. The molecule has 164 valence electrons. The summed E-state index contributed by atoms with van der Waals surface area (Å²) in [6, 6.07) is 7.19. The second kappa shape index (κ2) is 9.53. The van der Waals surface area contributed by atoms with Crippen LogP contribution >= 0.6 is 0 Å². The van der Waals surface area contributed by atoms with Crippen LogP contribution < -0.4 is 5.32 Å². The van der Waals surface area contributed by atoms with Crippen molar-refractivity contribution in [2.75, 3.05) is 19.6 Å². The van der Waals surface area contributed by atoms with E-state index in [-0.39, 0.29) is 23.9 Å². The first-order chi connectivity index (χ1) is 15.0. The third-order valence-corrected chi connectivity index (χ3v) is 6.27. The molecule has 2 amide bonds. The van der Waals surface area contributed by atoms with E-state index in [1.807, 2.05) is 30.0 Å². The average molecular weight is 424 g/mol. The van der Waals surface area contributed by atoms with E-state index in [1.54, 1.807) is 24.7 Å². The number of aromatic nitrogens is 2. The lowest BCUT2D eigenvalue weighted by molar-refractivity contribution is -0.126. The molecule has 8 heteroatoms. The molecule has 2 saturated heterocycles. The van der Waals surface area contributed by atoms with E-state index in [2.05, 4.69) is 20.2 Å². The molecule has 8 nitrogen and oxygen atoms in total. The summed E-state index contributed by atoms with van der Waals surface area (Å²) in [5.74, 6) is -0.0545. The number of amides is 2. The predicted molar refractivity (Wildman–Crippen MR) is 115 cm³/mol. The molecule has 4 rings (SSSR count). The lowest BCUT2D eigenvalue weighted by atomic mass is 10.0. The highest BCUT2D eigenvalue weighted by molar-refractivity contribution is 5.95. The number of nitrogens with one attached hydrogen (secondary N) is 1. The van der Waals surface area contributed by atoms with Crippen LogP contribution in [0.25, 0.3) is 0 Å². The van der Waals surface area contributed by atoms with Gasteiger partial charge in [0.25, 0.3) is 5.91 Å². The number of rotatable bonds is 5. The number of piperidine rings is 1. The second-order valence-corrected chi connectivity index (χ2v) is 8.34. The SMILES string of the molecule is Cc1ncccc1C(=O)N1CCC(N2C[C@H](O)C[C@H]2C(=O)NCc2cccnc2)CC1. The normalized spacial score (nSPS) is 22.5. The van der Waals surface area contributed by atoms with Crippen molar-refractivity contribution in [1.29, 1.82) is 0 Å². The third kappa shape index (κ3) is 4.91. The van der Waals surface area contributed by atoms with Crippen LogP contribution in [0.4, 0.5) is 0 Å². The molecule has 2 aliphatic rings. The molecule has 0 radical (unpaired) electrons. The van der Waals surface area contributed by atoms with Crippen LogP contribution in [0.3, 0.4) is 0 Å². The van der Waals surface area contributed by atoms with Crippen LogP contribution in [0.5, 0.6) is 0 Å². The highest BCUT2D eigenvalue weighted by Crippen LogP contribution is 2.27. The van der Waals surface area contributed by atoms with Gasteiger partial charge >= 0.3 is 0 Å². The number of aliphatic hydroxyl groups is 1. The van der Waals surface area contributed by atoms with E-state index in [9.17, 15) is 14.7 Å². The van der Waals surface area contributed by atoms with Crippen molar-refractivity contribution in [2.45, 2.75) is 50.9 Å². The number of pyridine rings is 2. The van der Waals surface area contributed by atoms with Crippen molar-refractivity contribution >= 4 is 11.8 Å². The average Bonchev–Trinajstić information content (AvgIpc) is 3.20. The Kier molecular flexibility index (Phi) is 6.58. The van der Waals surface area contributed by atoms with Crippen molar-refractivity contribution in [3.8, 4) is 0 Å². The topological polar surface area (TPSA) is 98.7 Å². The van der Waals surface area contributed by atoms with Crippen LogP contribution in [0.2, 0.25) is 0 Å². The Morgan fingerprint density at radius 1 is 1.19 bits per heavy atom. The summed E-state index contributed by atoms with van der Waals surface area (Å²) >= 11 is 0. The summed E-state index contributed by atoms with van der Waals surface area (Å²) in [5.41, 5.74) is 2.33. The zero-order valence-electron chi connectivity index (χ0n) is 17.8. The van der Waals surface area contributed by atoms with E-state index in [0.29, 0.717) is 38.2 Å². The number of nitrogens with zero attached hydrogens (tertiary/aromatic N) is 4. The van der Waals surface area contributed by atoms with E-state index in [4.69, 9.17) is 0 Å². The van der Waals surface area contributed by atoms with Gasteiger partial charge in [0.2, 0.25) is 5.91 Å². The zero-order chi connectivity index (χ0) is 21.8. The van der Waals surface area contributed by atoms with Crippen molar-refractivity contribution in [3.05, 3.63) is 59.7 Å². The predicted octanol–water partition coefficient (Wildman–Crippen LogP) is 1.14. The number of likely N-dealkylation sites (tertiary alicyclic amines) is 2. The van der Waals surface area contributed by atoms with Crippen LogP contribution in [0.1, 0.15) is 40.9 Å². The van der Waals surface area contributed by atoms with E-state index in [0.717, 1.165) is 24.1 Å². The van der Waals surface area contributed by atoms with E-state index >= 15 is 0 Å². The summed E-state index contributed by atoms with van der Waals surface area (Å²) in [6.45, 7) is 4.03. The maximum atomic E-state index is 12.9. The van der Waals surface area contributed by atoms with Gasteiger partial charge in [-0.2, -0.15) is 0 Å². The van der Waals surface area contributed by atoms with Crippen LogP contribution in [-0.2, 0) is 11.3 Å². The minimum Gasteiger partial charge on any atom is -0.392 e. The summed E-state index contributed by atoms with van der Waals surface area (Å²) in [5, 5.41) is 13.2. The quantitative estimate of drug-likeness (QED) is 0.748. The first-order valence-corrected chi connectivity index (χ1v) is 10.8. The summed E-state index contributed by atoms with van der Waals surface area (Å²) in [7, 11) is 0. The summed E-state index contributed by atoms with van der Waals surface area (Å²) in [6.07, 6.45) is 6.62. The minimum atomic E-state index is -0.508. The molecule has 0 saturated carbocycles. The fraction of sp³-hybridized carbons (Fsp3) is 0.478. The van der Waals surface area contributed by atoms with Crippen molar-refractivity contribution in [1.82, 2.24) is 25.1 Å². The molecule has 0 aliphatic carbocycles. The Balaban J connectivity index is 1.35. The number of aryl methyl sites for hydroxylation is 1. The second-order valence-electron chi connectivity index (χ2n) is 8.34. The highest BCUT2D eigenvalue weighted by atomic mass is 16.3. The Bertz CT molecular complexity index is 914. The molecule has 0 aromatic carbocycles. The van der Waals surface area contributed by atoms with Gasteiger partial charge in [0.15, 0.2) is 0 Å². The number of carbonyl (C=O) groups is 2. The van der Waals surface area contributed by atoms with Gasteiger partial charge in [0.05, 0.1) is 17.7 Å². The Morgan fingerprint density at radius 3 is 2.68 bits per heavy atom. The number of carbonyl (C=O) groups excluding carboxylic acids is 2. The standard InChI is InChI=1S/C23H29N5O3/c1-16-20(5-3-9-25-16)23(31)27-10-6-18(7-11-27)28-15-19(29)12-21(28)22(30)26-14-17-4-2-8-24-13-17/h2-5,8-9,13,18-19,21,29H,6-7,10-12,14-15H2,1H3,(H,26,30)/t19-,21+/m1/s1. The first kappa shape index (κ1) is 21.4. The molecule has 2 aromatic heterocycles. The van der Waals surface area contributed by atoms with Crippen LogP contribution in [-0.4, -0.2) is 74.5 Å². The molecule has 2 fully saturated rings. The molecule has 0 unspecified atom stereocenters. The smallest absolute Gasteiger partial charge is 0.255 e. The van der Waals surface area contributed by atoms with Gasteiger partial charge in [-0.05, 0) is 49.9 Å². The summed E-state index contributed by atoms with van der Waals surface area (Å²) in [4.78, 5) is 38.0. The fourth-order valence-corrected chi connectivity index (χ4v) is 4.59. The number of aliphatic hydroxyl groups excluding tert-OH is 1. The monoisotopic (exact) mass is 423 g/mol. The first-order valence-electron chi connectivity index (χ1n) is 10.8. The van der Waals surface area contributed by atoms with Crippen molar-refractivity contribution < 1.29 is 14.7 Å². The lowest BCUT2D eigenvalue weighted by Crippen LogP contribution is -2.52. The summed E-state index contributed by atoms with van der Waals surface area (Å²) < 4.78 is 0. The molecule has 4 heterocycles. The number of hydrogen-bond donors (Lipinski definition) is 2. The highest BCUT2D eigenvalue weighted by Gasteiger charge is 2.41. The molecule has 2 atom stereocenters. The fourth-order valence-electron chi connectivity index (χ4n) is 4.59. The molecule has 0 bridgehead atoms. The van der Waals surface area contributed by atoms with Gasteiger partial charge in [0, 0.05) is 56.5 Å². The Morgan fingerprint density at radius 2 is 1.97 bits per heavy atom. The molecular weight excluding hydrogens is 394 g/mol. The van der Waals surface area contributed by atoms with Gasteiger partial charge in [-0.25, -0.2) is 0 Å². The van der Waals surface area contributed by atoms with Gasteiger partial charge in [-0.3, -0.25) is 24.5 Å². The third-order valence-electron chi connectivity index (χ3n) is 6.27. The van der Waals surface area contributed by atoms with E-state index < -0.39 is 6.10 Å². The molecular formula is C23H29N5O3. The van der Waals surface area contributed by atoms with Crippen molar-refractivity contribution in [2.24, 2.45) is 0 Å². The Labute approximate surface area is 182 Å². The molecule has 0 spiro atoms.